The van der Waals surface area contributed by atoms with Gasteiger partial charge < -0.3 is 9.47 Å². The summed E-state index contributed by atoms with van der Waals surface area (Å²) >= 11 is 6.50. The van der Waals surface area contributed by atoms with Gasteiger partial charge in [0.25, 0.3) is 0 Å². The highest BCUT2D eigenvalue weighted by atomic mass is 79.9. The molecule has 0 bridgehead atoms. The SMILES string of the molecule is COc1cc(OC)c(Br)nc1Br. The highest BCUT2D eigenvalue weighted by molar-refractivity contribution is 9.11. The normalized spacial score (nSPS) is 9.67. The van der Waals surface area contributed by atoms with Gasteiger partial charge >= 0.3 is 0 Å². The van der Waals surface area contributed by atoms with E-state index in [9.17, 15) is 0 Å². The molecule has 0 saturated heterocycles. The van der Waals surface area contributed by atoms with Crippen molar-refractivity contribution >= 4 is 31.9 Å². The number of methoxy groups -OCH3 is 2. The van der Waals surface area contributed by atoms with Crippen molar-refractivity contribution in [2.75, 3.05) is 14.2 Å². The average Bonchev–Trinajstić information content (AvgIpc) is 2.05. The standard InChI is InChI=1S/C7H7Br2NO2/c1-11-4-3-5(12-2)7(9)10-6(4)8/h3H,1-2H3. The molecule has 0 aliphatic heterocycles. The van der Waals surface area contributed by atoms with Gasteiger partial charge in [-0.15, -0.1) is 0 Å². The van der Waals surface area contributed by atoms with Crippen LogP contribution in [0, 0.1) is 0 Å². The van der Waals surface area contributed by atoms with Gasteiger partial charge in [-0.25, -0.2) is 4.98 Å². The van der Waals surface area contributed by atoms with E-state index in [1.807, 2.05) is 0 Å². The Hall–Kier alpha value is -0.290. The quantitative estimate of drug-likeness (QED) is 0.786. The summed E-state index contributed by atoms with van der Waals surface area (Å²) in [4.78, 5) is 4.10. The third-order valence-electron chi connectivity index (χ3n) is 1.30. The van der Waals surface area contributed by atoms with E-state index in [1.54, 1.807) is 20.3 Å². The van der Waals surface area contributed by atoms with E-state index in [0.717, 1.165) is 0 Å². The fourth-order valence-corrected chi connectivity index (χ4v) is 1.87. The molecule has 0 atom stereocenters. The molecule has 0 aromatic carbocycles. The van der Waals surface area contributed by atoms with Crippen LogP contribution in [0.2, 0.25) is 0 Å². The lowest BCUT2D eigenvalue weighted by molar-refractivity contribution is 0.386. The first kappa shape index (κ1) is 9.80. The number of pyridine rings is 1. The Balaban J connectivity index is 3.18. The fourth-order valence-electron chi connectivity index (χ4n) is 0.721. The van der Waals surface area contributed by atoms with Crippen LogP contribution in [0.15, 0.2) is 15.3 Å². The van der Waals surface area contributed by atoms with E-state index in [1.165, 1.54) is 0 Å². The molecule has 0 aliphatic carbocycles. The summed E-state index contributed by atoms with van der Waals surface area (Å²) in [6, 6.07) is 1.75. The van der Waals surface area contributed by atoms with Crippen LogP contribution < -0.4 is 9.47 Å². The predicted octanol–water partition coefficient (Wildman–Crippen LogP) is 2.62. The van der Waals surface area contributed by atoms with Crippen LogP contribution in [0.5, 0.6) is 11.5 Å². The van der Waals surface area contributed by atoms with Crippen LogP contribution in [0.25, 0.3) is 0 Å². The first-order valence-electron chi connectivity index (χ1n) is 3.13. The minimum absolute atomic E-state index is 0.648. The van der Waals surface area contributed by atoms with Crippen molar-refractivity contribution in [1.82, 2.24) is 4.98 Å². The second-order valence-corrected chi connectivity index (χ2v) is 3.48. The van der Waals surface area contributed by atoms with Gasteiger partial charge in [-0.3, -0.25) is 0 Å². The summed E-state index contributed by atoms with van der Waals surface area (Å²) in [6.07, 6.45) is 0. The van der Waals surface area contributed by atoms with Crippen molar-refractivity contribution in [3.05, 3.63) is 15.3 Å². The van der Waals surface area contributed by atoms with Gasteiger partial charge in [0.1, 0.15) is 9.21 Å². The number of nitrogens with zero attached hydrogens (tertiary/aromatic N) is 1. The summed E-state index contributed by atoms with van der Waals surface area (Å²) in [5.41, 5.74) is 0. The number of halogens is 2. The van der Waals surface area contributed by atoms with E-state index in [4.69, 9.17) is 9.47 Å². The molecule has 0 radical (unpaired) electrons. The summed E-state index contributed by atoms with van der Waals surface area (Å²) in [5, 5.41) is 0. The number of hydrogen-bond acceptors (Lipinski definition) is 3. The van der Waals surface area contributed by atoms with Crippen LogP contribution in [-0.2, 0) is 0 Å². The van der Waals surface area contributed by atoms with Crippen LogP contribution in [-0.4, -0.2) is 19.2 Å². The van der Waals surface area contributed by atoms with E-state index < -0.39 is 0 Å². The molecule has 0 saturated carbocycles. The third kappa shape index (κ3) is 1.90. The zero-order valence-electron chi connectivity index (χ0n) is 6.60. The lowest BCUT2D eigenvalue weighted by Gasteiger charge is -2.06. The summed E-state index contributed by atoms with van der Waals surface area (Å²) in [7, 11) is 3.16. The molecule has 3 nitrogen and oxygen atoms in total. The zero-order chi connectivity index (χ0) is 9.14. The molecule has 1 aromatic heterocycles. The number of rotatable bonds is 2. The van der Waals surface area contributed by atoms with Gasteiger partial charge in [-0.2, -0.15) is 0 Å². The van der Waals surface area contributed by atoms with Crippen LogP contribution in [0.1, 0.15) is 0 Å². The Morgan fingerprint density at radius 3 is 1.83 bits per heavy atom. The van der Waals surface area contributed by atoms with Crippen molar-refractivity contribution in [3.63, 3.8) is 0 Å². The van der Waals surface area contributed by atoms with Gasteiger partial charge in [-0.1, -0.05) is 0 Å². The summed E-state index contributed by atoms with van der Waals surface area (Å²) < 4.78 is 11.4. The molecular weight excluding hydrogens is 290 g/mol. The Kier molecular flexibility index (Phi) is 3.34. The van der Waals surface area contributed by atoms with Gasteiger partial charge in [0.2, 0.25) is 0 Å². The van der Waals surface area contributed by atoms with Crippen molar-refractivity contribution in [2.45, 2.75) is 0 Å². The Labute approximate surface area is 87.3 Å². The molecular formula is C7H7Br2NO2. The van der Waals surface area contributed by atoms with Crippen LogP contribution in [0.3, 0.4) is 0 Å². The molecule has 0 unspecified atom stereocenters. The molecule has 5 heteroatoms. The maximum Gasteiger partial charge on any atom is 0.155 e. The van der Waals surface area contributed by atoms with Crippen LogP contribution in [0.4, 0.5) is 0 Å². The molecule has 0 amide bonds. The van der Waals surface area contributed by atoms with Crippen molar-refractivity contribution in [3.8, 4) is 11.5 Å². The number of ether oxygens (including phenoxy) is 2. The molecule has 1 aromatic rings. The summed E-state index contributed by atoms with van der Waals surface area (Å²) in [5.74, 6) is 1.30. The van der Waals surface area contributed by atoms with Gasteiger partial charge in [0.05, 0.1) is 14.2 Å². The number of hydrogen-bond donors (Lipinski definition) is 0. The van der Waals surface area contributed by atoms with Crippen LogP contribution >= 0.6 is 31.9 Å². The first-order valence-corrected chi connectivity index (χ1v) is 4.71. The fraction of sp³-hybridized carbons (Fsp3) is 0.286. The van der Waals surface area contributed by atoms with E-state index in [-0.39, 0.29) is 0 Å². The smallest absolute Gasteiger partial charge is 0.155 e. The second-order valence-electron chi connectivity index (χ2n) is 1.97. The Bertz CT molecular complexity index is 266. The topological polar surface area (TPSA) is 31.4 Å². The molecule has 0 spiro atoms. The zero-order valence-corrected chi connectivity index (χ0v) is 9.77. The van der Waals surface area contributed by atoms with E-state index >= 15 is 0 Å². The minimum atomic E-state index is 0.648. The van der Waals surface area contributed by atoms with Crippen molar-refractivity contribution in [2.24, 2.45) is 0 Å². The highest BCUT2D eigenvalue weighted by Crippen LogP contribution is 2.32. The Morgan fingerprint density at radius 1 is 1.08 bits per heavy atom. The average molecular weight is 297 g/mol. The molecule has 0 aliphatic rings. The van der Waals surface area contributed by atoms with Crippen molar-refractivity contribution in [1.29, 1.82) is 0 Å². The maximum absolute atomic E-state index is 5.03. The Morgan fingerprint density at radius 2 is 1.50 bits per heavy atom. The lowest BCUT2D eigenvalue weighted by Crippen LogP contribution is -1.92. The molecule has 0 N–H and O–H groups in total. The molecule has 1 rings (SSSR count). The molecule has 12 heavy (non-hydrogen) atoms. The lowest BCUT2D eigenvalue weighted by atomic mass is 10.4. The van der Waals surface area contributed by atoms with Crippen molar-refractivity contribution < 1.29 is 9.47 Å². The van der Waals surface area contributed by atoms with Gasteiger partial charge in [-0.05, 0) is 31.9 Å². The highest BCUT2D eigenvalue weighted by Gasteiger charge is 2.08. The first-order chi connectivity index (χ1) is 5.69. The summed E-state index contributed by atoms with van der Waals surface area (Å²) in [6.45, 7) is 0. The maximum atomic E-state index is 5.03. The third-order valence-corrected chi connectivity index (χ3v) is 2.44. The van der Waals surface area contributed by atoms with Gasteiger partial charge in [0.15, 0.2) is 11.5 Å². The minimum Gasteiger partial charge on any atom is -0.494 e. The molecule has 66 valence electrons. The molecule has 0 fully saturated rings. The van der Waals surface area contributed by atoms with E-state index in [2.05, 4.69) is 36.8 Å². The largest absolute Gasteiger partial charge is 0.494 e. The predicted molar refractivity (Wildman–Crippen MR) is 52.7 cm³/mol. The number of aromatic nitrogens is 1. The monoisotopic (exact) mass is 295 g/mol. The second kappa shape index (κ2) is 4.09. The molecule has 1 heterocycles. The van der Waals surface area contributed by atoms with Gasteiger partial charge in [0, 0.05) is 6.07 Å². The van der Waals surface area contributed by atoms with E-state index in [0.29, 0.717) is 20.7 Å².